The number of aryl methyl sites for hydroxylation is 1. The lowest BCUT2D eigenvalue weighted by molar-refractivity contribution is -0.117. The van der Waals surface area contributed by atoms with Crippen LogP contribution >= 0.6 is 0 Å². The van der Waals surface area contributed by atoms with Gasteiger partial charge in [0.15, 0.2) is 0 Å². The van der Waals surface area contributed by atoms with E-state index in [-0.39, 0.29) is 24.2 Å². The van der Waals surface area contributed by atoms with Crippen molar-refractivity contribution in [3.63, 3.8) is 0 Å². The molecule has 1 fully saturated rings. The Morgan fingerprint density at radius 1 is 1.14 bits per heavy atom. The van der Waals surface area contributed by atoms with Crippen molar-refractivity contribution in [3.05, 3.63) is 35.4 Å². The smallest absolute Gasteiger partial charge is 0.410 e. The maximum absolute atomic E-state index is 12.1. The molecule has 206 valence electrons. The van der Waals surface area contributed by atoms with Gasteiger partial charge in [-0.15, -0.1) is 0 Å². The van der Waals surface area contributed by atoms with Gasteiger partial charge in [0, 0.05) is 45.8 Å². The molecule has 0 radical (unpaired) electrons. The summed E-state index contributed by atoms with van der Waals surface area (Å²) in [4.78, 5) is 39.5. The SMILES string of the molecule is CC.CCC(C)N(C)C(=O)NC1CCN(C(=O)OC(C)(C)C)CC1.Cc1ccc(CN(C)C=O)cc1. The van der Waals surface area contributed by atoms with Crippen molar-refractivity contribution >= 4 is 18.5 Å². The molecule has 2 rings (SSSR count). The lowest BCUT2D eigenvalue weighted by atomic mass is 10.1. The fraction of sp³-hybridized carbons (Fsp3) is 0.679. The molecule has 0 saturated carbocycles. The van der Waals surface area contributed by atoms with E-state index in [1.165, 1.54) is 5.56 Å². The molecule has 1 aliphatic heterocycles. The Balaban J connectivity index is 0.000000735. The van der Waals surface area contributed by atoms with Gasteiger partial charge < -0.3 is 24.8 Å². The number of piperidine rings is 1. The lowest BCUT2D eigenvalue weighted by Crippen LogP contribution is -2.51. The minimum absolute atomic E-state index is 0.0370. The summed E-state index contributed by atoms with van der Waals surface area (Å²) < 4.78 is 5.37. The van der Waals surface area contributed by atoms with E-state index in [0.717, 1.165) is 31.2 Å². The highest BCUT2D eigenvalue weighted by molar-refractivity contribution is 5.74. The molecule has 1 aliphatic rings. The molecule has 8 heteroatoms. The van der Waals surface area contributed by atoms with Crippen molar-refractivity contribution in [1.82, 2.24) is 20.0 Å². The molecule has 1 saturated heterocycles. The molecule has 8 nitrogen and oxygen atoms in total. The standard InChI is InChI=1S/C16H31N3O3.C10H13NO.C2H6/c1-7-12(2)18(6)14(20)17-13-8-10-19(11-9-13)15(21)22-16(3,4)5;1-9-3-5-10(6-4-9)7-11(2)8-12;1-2/h12-13H,7-11H2,1-6H3,(H,17,20);3-6,8H,7H2,1-2H3;1-2H3. The van der Waals surface area contributed by atoms with Crippen LogP contribution in [0.2, 0.25) is 0 Å². The van der Waals surface area contributed by atoms with E-state index in [4.69, 9.17) is 4.74 Å². The molecule has 36 heavy (non-hydrogen) atoms. The van der Waals surface area contributed by atoms with Crippen molar-refractivity contribution in [1.29, 1.82) is 0 Å². The van der Waals surface area contributed by atoms with Gasteiger partial charge in [0.05, 0.1) is 0 Å². The Bertz CT molecular complexity index is 769. The first-order valence-corrected chi connectivity index (χ1v) is 13.1. The molecule has 1 aromatic rings. The number of hydrogen-bond acceptors (Lipinski definition) is 4. The number of likely N-dealkylation sites (tertiary alicyclic amines) is 1. The summed E-state index contributed by atoms with van der Waals surface area (Å²) in [5.74, 6) is 0. The number of carbonyl (C=O) groups is 3. The minimum atomic E-state index is -0.471. The Hall–Kier alpha value is -2.77. The van der Waals surface area contributed by atoms with Crippen LogP contribution in [0.4, 0.5) is 9.59 Å². The first-order valence-electron chi connectivity index (χ1n) is 13.1. The van der Waals surface area contributed by atoms with Crippen LogP contribution in [0.1, 0.15) is 78.9 Å². The van der Waals surface area contributed by atoms with Crippen molar-refractivity contribution in [2.45, 2.75) is 98.9 Å². The highest BCUT2D eigenvalue weighted by Gasteiger charge is 2.28. The van der Waals surface area contributed by atoms with Crippen LogP contribution in [-0.4, -0.2) is 78.1 Å². The summed E-state index contributed by atoms with van der Waals surface area (Å²) in [5, 5.41) is 3.05. The summed E-state index contributed by atoms with van der Waals surface area (Å²) in [6.07, 6.45) is 3.02. The number of rotatable bonds is 6. The number of carbonyl (C=O) groups excluding carboxylic acids is 3. The zero-order valence-electron chi connectivity index (χ0n) is 24.3. The number of amides is 4. The van der Waals surface area contributed by atoms with Crippen molar-refractivity contribution in [3.8, 4) is 0 Å². The first-order chi connectivity index (χ1) is 16.9. The monoisotopic (exact) mass is 506 g/mol. The average molecular weight is 507 g/mol. The van der Waals surface area contributed by atoms with Gasteiger partial charge in [-0.2, -0.15) is 0 Å². The molecule has 1 atom stereocenters. The Morgan fingerprint density at radius 3 is 2.11 bits per heavy atom. The zero-order chi connectivity index (χ0) is 27.9. The Kier molecular flexibility index (Phi) is 15.5. The zero-order valence-corrected chi connectivity index (χ0v) is 24.3. The van der Waals surface area contributed by atoms with Crippen LogP contribution in [0, 0.1) is 6.92 Å². The molecular formula is C28H50N4O4. The van der Waals surface area contributed by atoms with Crippen LogP contribution in [0.25, 0.3) is 0 Å². The van der Waals surface area contributed by atoms with Crippen molar-refractivity contribution < 1.29 is 19.1 Å². The number of nitrogens with zero attached hydrogens (tertiary/aromatic N) is 3. The van der Waals surface area contributed by atoms with E-state index in [1.807, 2.05) is 79.8 Å². The molecule has 0 spiro atoms. The fourth-order valence-corrected chi connectivity index (χ4v) is 3.30. The molecule has 1 unspecified atom stereocenters. The Labute approximate surface area is 219 Å². The maximum Gasteiger partial charge on any atom is 0.410 e. The lowest BCUT2D eigenvalue weighted by Gasteiger charge is -2.35. The van der Waals surface area contributed by atoms with Gasteiger partial charge in [0.1, 0.15) is 5.60 Å². The molecule has 1 heterocycles. The van der Waals surface area contributed by atoms with E-state index in [1.54, 1.807) is 21.7 Å². The van der Waals surface area contributed by atoms with Crippen LogP contribution < -0.4 is 5.32 Å². The average Bonchev–Trinajstić information content (AvgIpc) is 2.85. The van der Waals surface area contributed by atoms with Gasteiger partial charge in [0.25, 0.3) is 0 Å². The van der Waals surface area contributed by atoms with Crippen LogP contribution in [0.3, 0.4) is 0 Å². The van der Waals surface area contributed by atoms with Gasteiger partial charge in [-0.05, 0) is 59.4 Å². The number of benzene rings is 1. The first kappa shape index (κ1) is 33.2. The highest BCUT2D eigenvalue weighted by atomic mass is 16.6. The van der Waals surface area contributed by atoms with Crippen molar-refractivity contribution in [2.75, 3.05) is 27.2 Å². The third kappa shape index (κ3) is 13.4. The molecule has 1 N–H and O–H groups in total. The van der Waals surface area contributed by atoms with Crippen molar-refractivity contribution in [2.24, 2.45) is 0 Å². The predicted molar refractivity (Wildman–Crippen MR) is 147 cm³/mol. The molecule has 0 aromatic heterocycles. The van der Waals surface area contributed by atoms with Crippen LogP contribution in [0.15, 0.2) is 24.3 Å². The number of hydrogen-bond donors (Lipinski definition) is 1. The largest absolute Gasteiger partial charge is 0.444 e. The topological polar surface area (TPSA) is 82.2 Å². The predicted octanol–water partition coefficient (Wildman–Crippen LogP) is 5.44. The van der Waals surface area contributed by atoms with E-state index in [9.17, 15) is 14.4 Å². The minimum Gasteiger partial charge on any atom is -0.444 e. The molecular weight excluding hydrogens is 456 g/mol. The molecule has 0 bridgehead atoms. The summed E-state index contributed by atoms with van der Waals surface area (Å²) in [7, 11) is 3.59. The van der Waals surface area contributed by atoms with E-state index in [2.05, 4.69) is 12.2 Å². The second-order valence-corrected chi connectivity index (χ2v) is 10.1. The van der Waals surface area contributed by atoms with Gasteiger partial charge >= 0.3 is 12.1 Å². The van der Waals surface area contributed by atoms with E-state index < -0.39 is 5.60 Å². The van der Waals surface area contributed by atoms with Gasteiger partial charge in [-0.1, -0.05) is 50.6 Å². The second-order valence-electron chi connectivity index (χ2n) is 10.1. The highest BCUT2D eigenvalue weighted by Crippen LogP contribution is 2.16. The summed E-state index contributed by atoms with van der Waals surface area (Å²) in [6, 6.07) is 8.48. The summed E-state index contributed by atoms with van der Waals surface area (Å²) in [5.41, 5.74) is 1.93. The third-order valence-electron chi connectivity index (χ3n) is 5.78. The number of nitrogens with one attached hydrogen (secondary N) is 1. The normalized spacial score (nSPS) is 14.2. The van der Waals surface area contributed by atoms with Gasteiger partial charge in [0.2, 0.25) is 6.41 Å². The maximum atomic E-state index is 12.1. The van der Waals surface area contributed by atoms with E-state index in [0.29, 0.717) is 19.6 Å². The summed E-state index contributed by atoms with van der Waals surface area (Å²) in [6.45, 7) is 17.7. The molecule has 0 aliphatic carbocycles. The second kappa shape index (κ2) is 16.8. The van der Waals surface area contributed by atoms with E-state index >= 15 is 0 Å². The van der Waals surface area contributed by atoms with Gasteiger partial charge in [-0.25, -0.2) is 9.59 Å². The quantitative estimate of drug-likeness (QED) is 0.521. The third-order valence-corrected chi connectivity index (χ3v) is 5.78. The molecule has 4 amide bonds. The number of ether oxygens (including phenoxy) is 1. The Morgan fingerprint density at radius 2 is 1.67 bits per heavy atom. The summed E-state index contributed by atoms with van der Waals surface area (Å²) >= 11 is 0. The molecule has 1 aromatic carbocycles. The van der Waals surface area contributed by atoms with Gasteiger partial charge in [-0.3, -0.25) is 4.79 Å². The van der Waals surface area contributed by atoms with Crippen LogP contribution in [0.5, 0.6) is 0 Å². The van der Waals surface area contributed by atoms with Crippen LogP contribution in [-0.2, 0) is 16.1 Å². The fourth-order valence-electron chi connectivity index (χ4n) is 3.30. The number of urea groups is 1.